The van der Waals surface area contributed by atoms with Gasteiger partial charge in [-0.2, -0.15) is 0 Å². The number of rotatable bonds is 11. The standard InChI is InChI=1S/C23H32N4O5/c1-28-14-15-30-11-4-10-25-23(26-17-18-6-3-9-24-22(18)29-2)27-19-7-8-20-21(16-19)32-13-5-12-31-20/h3,6-9,16H,4-5,10-15,17H2,1-2H3,(H2,25,26,27). The number of methoxy groups -OCH3 is 2. The fraction of sp³-hybridized carbons (Fsp3) is 0.478. The molecule has 2 aromatic rings. The van der Waals surface area contributed by atoms with Crippen LogP contribution in [0.1, 0.15) is 18.4 Å². The summed E-state index contributed by atoms with van der Waals surface area (Å²) in [5.74, 6) is 2.69. The minimum Gasteiger partial charge on any atom is -0.490 e. The molecule has 0 unspecified atom stereocenters. The van der Waals surface area contributed by atoms with Gasteiger partial charge in [0.25, 0.3) is 0 Å². The third kappa shape index (κ3) is 7.58. The van der Waals surface area contributed by atoms with Crippen LogP contribution in [0.5, 0.6) is 17.4 Å². The monoisotopic (exact) mass is 444 g/mol. The van der Waals surface area contributed by atoms with Crippen molar-refractivity contribution >= 4 is 11.6 Å². The second-order valence-electron chi connectivity index (χ2n) is 7.06. The van der Waals surface area contributed by atoms with E-state index in [2.05, 4.69) is 15.6 Å². The molecule has 2 heterocycles. The van der Waals surface area contributed by atoms with E-state index >= 15 is 0 Å². The molecule has 1 aliphatic heterocycles. The van der Waals surface area contributed by atoms with Crippen LogP contribution in [-0.2, 0) is 16.0 Å². The Morgan fingerprint density at radius 3 is 2.81 bits per heavy atom. The molecule has 0 saturated carbocycles. The van der Waals surface area contributed by atoms with E-state index in [1.54, 1.807) is 20.4 Å². The second kappa shape index (κ2) is 13.4. The predicted molar refractivity (Wildman–Crippen MR) is 123 cm³/mol. The van der Waals surface area contributed by atoms with Crippen LogP contribution < -0.4 is 24.8 Å². The average Bonchev–Trinajstić information content (AvgIpc) is 3.07. The van der Waals surface area contributed by atoms with Gasteiger partial charge in [-0.15, -0.1) is 0 Å². The highest BCUT2D eigenvalue weighted by molar-refractivity contribution is 5.94. The van der Waals surface area contributed by atoms with Gasteiger partial charge in [0.2, 0.25) is 5.88 Å². The lowest BCUT2D eigenvalue weighted by atomic mass is 10.2. The van der Waals surface area contributed by atoms with Crippen molar-refractivity contribution < 1.29 is 23.7 Å². The summed E-state index contributed by atoms with van der Waals surface area (Å²) in [6, 6.07) is 9.60. The lowest BCUT2D eigenvalue weighted by Gasteiger charge is -2.15. The number of hydrogen-bond donors (Lipinski definition) is 2. The highest BCUT2D eigenvalue weighted by atomic mass is 16.5. The minimum absolute atomic E-state index is 0.418. The van der Waals surface area contributed by atoms with E-state index in [-0.39, 0.29) is 0 Å². The van der Waals surface area contributed by atoms with Crippen LogP contribution in [0.4, 0.5) is 5.69 Å². The van der Waals surface area contributed by atoms with Crippen molar-refractivity contribution in [1.82, 2.24) is 10.3 Å². The summed E-state index contributed by atoms with van der Waals surface area (Å²) in [5, 5.41) is 6.70. The van der Waals surface area contributed by atoms with Crippen molar-refractivity contribution in [2.75, 3.05) is 59.1 Å². The Morgan fingerprint density at radius 1 is 1.09 bits per heavy atom. The van der Waals surface area contributed by atoms with Crippen molar-refractivity contribution in [3.8, 4) is 17.4 Å². The van der Waals surface area contributed by atoms with Gasteiger partial charge in [-0.3, -0.25) is 0 Å². The molecule has 0 fully saturated rings. The molecule has 174 valence electrons. The second-order valence-corrected chi connectivity index (χ2v) is 7.06. The third-order valence-corrected chi connectivity index (χ3v) is 4.65. The molecule has 0 saturated heterocycles. The Labute approximate surface area is 189 Å². The third-order valence-electron chi connectivity index (χ3n) is 4.65. The number of nitrogens with one attached hydrogen (secondary N) is 2. The molecule has 1 aromatic carbocycles. The van der Waals surface area contributed by atoms with Gasteiger partial charge in [0.05, 0.1) is 40.1 Å². The summed E-state index contributed by atoms with van der Waals surface area (Å²) in [5.41, 5.74) is 1.76. The maximum Gasteiger partial charge on any atom is 0.218 e. The van der Waals surface area contributed by atoms with E-state index in [4.69, 9.17) is 28.7 Å². The van der Waals surface area contributed by atoms with E-state index in [0.29, 0.717) is 58.0 Å². The molecule has 1 aliphatic rings. The average molecular weight is 445 g/mol. The van der Waals surface area contributed by atoms with E-state index in [1.807, 2.05) is 30.3 Å². The lowest BCUT2D eigenvalue weighted by molar-refractivity contribution is 0.0699. The molecule has 2 N–H and O–H groups in total. The molecule has 32 heavy (non-hydrogen) atoms. The molecule has 0 amide bonds. The normalized spacial score (nSPS) is 13.4. The SMILES string of the molecule is COCCOCCCNC(=NCc1cccnc1OC)Nc1ccc2c(c1)OCCCO2. The molecule has 0 spiro atoms. The molecular weight excluding hydrogens is 412 g/mol. The Hall–Kier alpha value is -3.04. The maximum absolute atomic E-state index is 5.80. The number of anilines is 1. The summed E-state index contributed by atoms with van der Waals surface area (Å²) < 4.78 is 27.4. The minimum atomic E-state index is 0.418. The van der Waals surface area contributed by atoms with Gasteiger partial charge in [0, 0.05) is 50.2 Å². The van der Waals surface area contributed by atoms with Crippen molar-refractivity contribution in [2.24, 2.45) is 4.99 Å². The van der Waals surface area contributed by atoms with E-state index in [0.717, 1.165) is 35.6 Å². The fourth-order valence-corrected chi connectivity index (χ4v) is 3.04. The van der Waals surface area contributed by atoms with E-state index in [9.17, 15) is 0 Å². The van der Waals surface area contributed by atoms with Crippen LogP contribution in [-0.4, -0.2) is 64.7 Å². The van der Waals surface area contributed by atoms with Crippen LogP contribution >= 0.6 is 0 Å². The first kappa shape index (κ1) is 23.6. The topological polar surface area (TPSA) is 95.5 Å². The largest absolute Gasteiger partial charge is 0.490 e. The van der Waals surface area contributed by atoms with Crippen molar-refractivity contribution in [3.63, 3.8) is 0 Å². The lowest BCUT2D eigenvalue weighted by Crippen LogP contribution is -2.32. The molecule has 3 rings (SSSR count). The molecule has 0 atom stereocenters. The molecule has 0 radical (unpaired) electrons. The van der Waals surface area contributed by atoms with Crippen molar-refractivity contribution in [1.29, 1.82) is 0 Å². The fourth-order valence-electron chi connectivity index (χ4n) is 3.04. The molecule has 0 bridgehead atoms. The highest BCUT2D eigenvalue weighted by Crippen LogP contribution is 2.32. The zero-order valence-electron chi connectivity index (χ0n) is 18.8. The Kier molecular flexibility index (Phi) is 9.88. The zero-order valence-corrected chi connectivity index (χ0v) is 18.8. The van der Waals surface area contributed by atoms with Gasteiger partial charge in [-0.1, -0.05) is 6.07 Å². The number of ether oxygens (including phenoxy) is 5. The zero-order chi connectivity index (χ0) is 22.4. The predicted octanol–water partition coefficient (Wildman–Crippen LogP) is 2.86. The molecule has 0 aliphatic carbocycles. The Bertz CT molecular complexity index is 862. The first-order valence-corrected chi connectivity index (χ1v) is 10.8. The maximum atomic E-state index is 5.80. The van der Waals surface area contributed by atoms with Crippen LogP contribution in [0.15, 0.2) is 41.5 Å². The smallest absolute Gasteiger partial charge is 0.218 e. The van der Waals surface area contributed by atoms with Gasteiger partial charge in [-0.05, 0) is 24.6 Å². The van der Waals surface area contributed by atoms with Crippen LogP contribution in [0.2, 0.25) is 0 Å². The molecular formula is C23H32N4O5. The van der Waals surface area contributed by atoms with Gasteiger partial charge in [0.1, 0.15) is 0 Å². The quantitative estimate of drug-likeness (QED) is 0.310. The number of aromatic nitrogens is 1. The Morgan fingerprint density at radius 2 is 1.97 bits per heavy atom. The number of guanidine groups is 1. The molecule has 9 nitrogen and oxygen atoms in total. The van der Waals surface area contributed by atoms with Gasteiger partial charge < -0.3 is 34.3 Å². The number of benzene rings is 1. The van der Waals surface area contributed by atoms with Crippen LogP contribution in [0.3, 0.4) is 0 Å². The molecule has 1 aromatic heterocycles. The van der Waals surface area contributed by atoms with Gasteiger partial charge >= 0.3 is 0 Å². The number of hydrogen-bond acceptors (Lipinski definition) is 7. The van der Waals surface area contributed by atoms with Gasteiger partial charge in [0.15, 0.2) is 17.5 Å². The van der Waals surface area contributed by atoms with Crippen molar-refractivity contribution in [3.05, 3.63) is 42.1 Å². The van der Waals surface area contributed by atoms with E-state index < -0.39 is 0 Å². The summed E-state index contributed by atoms with van der Waals surface area (Å²) in [6.45, 7) is 4.25. The number of nitrogens with zero attached hydrogens (tertiary/aromatic N) is 2. The summed E-state index contributed by atoms with van der Waals surface area (Å²) >= 11 is 0. The van der Waals surface area contributed by atoms with Crippen LogP contribution in [0, 0.1) is 0 Å². The first-order chi connectivity index (χ1) is 15.8. The molecule has 9 heteroatoms. The van der Waals surface area contributed by atoms with Gasteiger partial charge in [-0.25, -0.2) is 9.98 Å². The summed E-state index contributed by atoms with van der Waals surface area (Å²) in [7, 11) is 3.27. The van der Waals surface area contributed by atoms with Crippen molar-refractivity contribution in [2.45, 2.75) is 19.4 Å². The number of pyridine rings is 1. The highest BCUT2D eigenvalue weighted by Gasteiger charge is 2.12. The first-order valence-electron chi connectivity index (χ1n) is 10.8. The van der Waals surface area contributed by atoms with Crippen LogP contribution in [0.25, 0.3) is 0 Å². The summed E-state index contributed by atoms with van der Waals surface area (Å²) in [6.07, 6.45) is 3.40. The number of fused-ring (bicyclic) bond motifs is 1. The van der Waals surface area contributed by atoms with E-state index in [1.165, 1.54) is 0 Å². The summed E-state index contributed by atoms with van der Waals surface area (Å²) in [4.78, 5) is 8.95. The Balaban J connectivity index is 1.65. The number of aliphatic imine (C=N–C) groups is 1.